The fourth-order valence-electron chi connectivity index (χ4n) is 2.76. The van der Waals surface area contributed by atoms with Crippen LogP contribution < -0.4 is 0 Å². The van der Waals surface area contributed by atoms with Crippen molar-refractivity contribution in [3.63, 3.8) is 0 Å². The Morgan fingerprint density at radius 3 is 2.65 bits per heavy atom. The number of amides is 1. The summed E-state index contributed by atoms with van der Waals surface area (Å²) in [6.45, 7) is 0.889. The monoisotopic (exact) mass is 321 g/mol. The van der Waals surface area contributed by atoms with E-state index in [2.05, 4.69) is 5.10 Å². The molecule has 1 saturated heterocycles. The minimum Gasteiger partial charge on any atom is -0.393 e. The molecule has 2 aromatic rings. The number of benzene rings is 1. The van der Waals surface area contributed by atoms with Gasteiger partial charge in [0.25, 0.3) is 5.91 Å². The lowest BCUT2D eigenvalue weighted by molar-refractivity contribution is 0.0547. The van der Waals surface area contributed by atoms with Crippen molar-refractivity contribution < 1.29 is 18.7 Å². The number of piperidine rings is 1. The van der Waals surface area contributed by atoms with Gasteiger partial charge in [-0.3, -0.25) is 9.48 Å². The second kappa shape index (κ2) is 6.08. The average molecular weight is 321 g/mol. The van der Waals surface area contributed by atoms with Crippen molar-refractivity contribution in [2.75, 3.05) is 13.1 Å². The van der Waals surface area contributed by atoms with Crippen LogP contribution in [0.4, 0.5) is 8.78 Å². The number of aliphatic hydroxyl groups excluding tert-OH is 1. The van der Waals surface area contributed by atoms with Crippen LogP contribution in [0.1, 0.15) is 23.2 Å². The van der Waals surface area contributed by atoms with Gasteiger partial charge in [0.05, 0.1) is 11.7 Å². The molecule has 1 N–H and O–H groups in total. The lowest BCUT2D eigenvalue weighted by Crippen LogP contribution is -2.40. The van der Waals surface area contributed by atoms with Gasteiger partial charge in [-0.05, 0) is 25.0 Å². The number of nitrogens with zero attached hydrogens (tertiary/aromatic N) is 3. The van der Waals surface area contributed by atoms with E-state index in [9.17, 15) is 18.7 Å². The lowest BCUT2D eigenvalue weighted by atomic mass is 10.0. The van der Waals surface area contributed by atoms with Crippen LogP contribution in [0.3, 0.4) is 0 Å². The molecule has 3 rings (SSSR count). The number of carbonyl (C=O) groups excluding carboxylic acids is 1. The summed E-state index contributed by atoms with van der Waals surface area (Å²) in [5.41, 5.74) is 0.558. The van der Waals surface area contributed by atoms with Gasteiger partial charge in [-0.1, -0.05) is 0 Å². The van der Waals surface area contributed by atoms with E-state index >= 15 is 0 Å². The van der Waals surface area contributed by atoms with E-state index < -0.39 is 11.6 Å². The first-order chi connectivity index (χ1) is 11.0. The van der Waals surface area contributed by atoms with Crippen LogP contribution >= 0.6 is 0 Å². The number of aromatic nitrogens is 2. The summed E-state index contributed by atoms with van der Waals surface area (Å²) >= 11 is 0. The molecule has 0 bridgehead atoms. The van der Waals surface area contributed by atoms with Gasteiger partial charge in [-0.15, -0.1) is 0 Å². The van der Waals surface area contributed by atoms with Crippen molar-refractivity contribution in [3.8, 4) is 11.3 Å². The van der Waals surface area contributed by atoms with Crippen molar-refractivity contribution in [2.45, 2.75) is 18.9 Å². The minimum atomic E-state index is -0.758. The van der Waals surface area contributed by atoms with E-state index in [0.717, 1.165) is 12.1 Å². The molecule has 1 aliphatic rings. The van der Waals surface area contributed by atoms with E-state index in [4.69, 9.17) is 0 Å². The molecule has 1 amide bonds. The molecular formula is C16H17F2N3O2. The van der Waals surface area contributed by atoms with Gasteiger partial charge in [0.2, 0.25) is 0 Å². The highest BCUT2D eigenvalue weighted by Crippen LogP contribution is 2.27. The van der Waals surface area contributed by atoms with E-state index in [1.54, 1.807) is 11.9 Å². The van der Waals surface area contributed by atoms with Crippen molar-refractivity contribution in [3.05, 3.63) is 41.6 Å². The van der Waals surface area contributed by atoms with Gasteiger partial charge >= 0.3 is 0 Å². The molecule has 0 saturated carbocycles. The molecule has 1 aromatic carbocycles. The third-order valence-corrected chi connectivity index (χ3v) is 4.00. The molecular weight excluding hydrogens is 304 g/mol. The van der Waals surface area contributed by atoms with E-state index in [-0.39, 0.29) is 28.8 Å². The molecule has 0 spiro atoms. The molecule has 0 aliphatic carbocycles. The van der Waals surface area contributed by atoms with E-state index in [0.29, 0.717) is 25.9 Å². The fourth-order valence-corrected chi connectivity index (χ4v) is 2.76. The van der Waals surface area contributed by atoms with Gasteiger partial charge in [0.15, 0.2) is 0 Å². The Kier molecular flexibility index (Phi) is 4.12. The van der Waals surface area contributed by atoms with Crippen LogP contribution in [0.2, 0.25) is 0 Å². The van der Waals surface area contributed by atoms with Crippen LogP contribution in [0.15, 0.2) is 24.4 Å². The molecule has 5 nitrogen and oxygen atoms in total. The second-order valence-electron chi connectivity index (χ2n) is 5.71. The predicted molar refractivity (Wildman–Crippen MR) is 79.7 cm³/mol. The van der Waals surface area contributed by atoms with Crippen molar-refractivity contribution in [1.29, 1.82) is 0 Å². The highest BCUT2D eigenvalue weighted by Gasteiger charge is 2.27. The summed E-state index contributed by atoms with van der Waals surface area (Å²) in [5.74, 6) is -1.70. The zero-order valence-electron chi connectivity index (χ0n) is 12.7. The highest BCUT2D eigenvalue weighted by atomic mass is 19.1. The number of rotatable bonds is 2. The fraction of sp³-hybridized carbons (Fsp3) is 0.375. The topological polar surface area (TPSA) is 58.4 Å². The number of hydrogen-bond donors (Lipinski definition) is 1. The Bertz CT molecular complexity index is 737. The summed E-state index contributed by atoms with van der Waals surface area (Å²) in [5, 5.41) is 13.7. The zero-order chi connectivity index (χ0) is 16.6. The Balaban J connectivity index is 1.96. The maximum Gasteiger partial charge on any atom is 0.257 e. The Morgan fingerprint density at radius 2 is 2.00 bits per heavy atom. The molecule has 2 heterocycles. The first kappa shape index (κ1) is 15.6. The summed E-state index contributed by atoms with van der Waals surface area (Å²) in [6.07, 6.45) is 2.19. The molecule has 1 aromatic heterocycles. The number of halogens is 2. The van der Waals surface area contributed by atoms with Crippen LogP contribution in [0.25, 0.3) is 11.3 Å². The van der Waals surface area contributed by atoms with Crippen LogP contribution in [-0.4, -0.2) is 44.9 Å². The smallest absolute Gasteiger partial charge is 0.257 e. The number of likely N-dealkylation sites (tertiary alicyclic amines) is 1. The standard InChI is InChI=1S/C16H17F2N3O2/c1-20-9-13(16(23)21-6-4-11(22)5-7-21)15(19-20)12-3-2-10(17)8-14(12)18/h2-3,8-9,11,22H,4-7H2,1H3. The molecule has 122 valence electrons. The first-order valence-electron chi connectivity index (χ1n) is 7.42. The largest absolute Gasteiger partial charge is 0.393 e. The molecule has 1 aliphatic heterocycles. The number of aliphatic hydroxyl groups is 1. The average Bonchev–Trinajstić information content (AvgIpc) is 2.89. The molecule has 0 radical (unpaired) electrons. The highest BCUT2D eigenvalue weighted by molar-refractivity contribution is 5.99. The summed E-state index contributed by atoms with van der Waals surface area (Å²) in [4.78, 5) is 14.3. The van der Waals surface area contributed by atoms with Gasteiger partial charge in [-0.25, -0.2) is 8.78 Å². The quantitative estimate of drug-likeness (QED) is 0.920. The Labute approximate surface area is 132 Å². The molecule has 23 heavy (non-hydrogen) atoms. The maximum absolute atomic E-state index is 14.0. The predicted octanol–water partition coefficient (Wildman–Crippen LogP) is 1.96. The van der Waals surface area contributed by atoms with Crippen molar-refractivity contribution >= 4 is 5.91 Å². The lowest BCUT2D eigenvalue weighted by Gasteiger charge is -2.29. The van der Waals surface area contributed by atoms with Crippen LogP contribution in [0.5, 0.6) is 0 Å². The first-order valence-corrected chi connectivity index (χ1v) is 7.42. The van der Waals surface area contributed by atoms with Gasteiger partial charge in [0.1, 0.15) is 17.3 Å². The number of aryl methyl sites for hydroxylation is 1. The molecule has 0 atom stereocenters. The minimum absolute atomic E-state index is 0.0902. The normalized spacial score (nSPS) is 15.9. The van der Waals surface area contributed by atoms with Crippen LogP contribution in [-0.2, 0) is 7.05 Å². The van der Waals surface area contributed by atoms with E-state index in [1.165, 1.54) is 16.9 Å². The van der Waals surface area contributed by atoms with Crippen LogP contribution in [0, 0.1) is 11.6 Å². The third kappa shape index (κ3) is 3.10. The number of hydrogen-bond acceptors (Lipinski definition) is 3. The Hall–Kier alpha value is -2.28. The van der Waals surface area contributed by atoms with Gasteiger partial charge < -0.3 is 10.0 Å². The van der Waals surface area contributed by atoms with Gasteiger partial charge in [-0.2, -0.15) is 5.10 Å². The van der Waals surface area contributed by atoms with E-state index in [1.807, 2.05) is 0 Å². The maximum atomic E-state index is 14.0. The summed E-state index contributed by atoms with van der Waals surface area (Å²) in [6, 6.07) is 3.19. The molecule has 7 heteroatoms. The molecule has 0 unspecified atom stereocenters. The zero-order valence-corrected chi connectivity index (χ0v) is 12.7. The SMILES string of the molecule is Cn1cc(C(=O)N2CCC(O)CC2)c(-c2ccc(F)cc2F)n1. The van der Waals surface area contributed by atoms with Crippen molar-refractivity contribution in [1.82, 2.24) is 14.7 Å². The van der Waals surface area contributed by atoms with Gasteiger partial charge in [0, 0.05) is 38.0 Å². The Morgan fingerprint density at radius 1 is 1.30 bits per heavy atom. The number of carbonyl (C=O) groups is 1. The third-order valence-electron chi connectivity index (χ3n) is 4.00. The summed E-state index contributed by atoms with van der Waals surface area (Å²) in [7, 11) is 1.64. The van der Waals surface area contributed by atoms with Crippen molar-refractivity contribution in [2.24, 2.45) is 7.05 Å². The second-order valence-corrected chi connectivity index (χ2v) is 5.71. The molecule has 1 fully saturated rings. The summed E-state index contributed by atoms with van der Waals surface area (Å²) < 4.78 is 28.6.